The minimum Gasteiger partial charge on any atom is -0.325 e. The number of nitrogens with one attached hydrogen (secondary N) is 1. The fourth-order valence-electron chi connectivity index (χ4n) is 1.88. The van der Waals surface area contributed by atoms with Crippen molar-refractivity contribution in [2.24, 2.45) is 0 Å². The van der Waals surface area contributed by atoms with Gasteiger partial charge in [0, 0.05) is 28.5 Å². The molecular formula is C16H16N2O3S2. The van der Waals surface area contributed by atoms with Crippen LogP contribution in [0.2, 0.25) is 0 Å². The number of carbonyl (C=O) groups is 1. The van der Waals surface area contributed by atoms with Crippen LogP contribution < -0.4 is 5.32 Å². The van der Waals surface area contributed by atoms with Crippen LogP contribution in [0.1, 0.15) is 5.56 Å². The number of benzene rings is 2. The molecule has 1 amide bonds. The molecule has 2 rings (SSSR count). The molecule has 23 heavy (non-hydrogen) atoms. The van der Waals surface area contributed by atoms with Crippen LogP contribution in [0, 0.1) is 10.1 Å². The fourth-order valence-corrected chi connectivity index (χ4v) is 3.07. The number of thioether (sulfide) groups is 2. The highest BCUT2D eigenvalue weighted by Gasteiger charge is 2.08. The Labute approximate surface area is 143 Å². The molecule has 5 nitrogen and oxygen atoms in total. The normalized spacial score (nSPS) is 10.3. The molecule has 0 saturated carbocycles. The second kappa shape index (κ2) is 8.59. The summed E-state index contributed by atoms with van der Waals surface area (Å²) in [5, 5.41) is 13.4. The van der Waals surface area contributed by atoms with E-state index in [1.807, 2.05) is 6.26 Å². The Morgan fingerprint density at radius 2 is 1.96 bits per heavy atom. The molecule has 0 bridgehead atoms. The van der Waals surface area contributed by atoms with Crippen molar-refractivity contribution in [3.63, 3.8) is 0 Å². The molecule has 0 atom stereocenters. The molecule has 0 aromatic heterocycles. The number of anilines is 1. The fraction of sp³-hybridized carbons (Fsp3) is 0.188. The molecular weight excluding hydrogens is 332 g/mol. The molecule has 120 valence electrons. The molecule has 0 aliphatic rings. The van der Waals surface area contributed by atoms with E-state index < -0.39 is 4.92 Å². The van der Waals surface area contributed by atoms with Gasteiger partial charge in [0.05, 0.1) is 10.7 Å². The quantitative estimate of drug-likeness (QED) is 0.461. The number of non-ortho nitro benzene ring substituents is 1. The summed E-state index contributed by atoms with van der Waals surface area (Å²) in [6.45, 7) is 0. The zero-order valence-corrected chi connectivity index (χ0v) is 14.2. The number of nitrogens with zero attached hydrogens (tertiary/aromatic N) is 1. The van der Waals surface area contributed by atoms with Gasteiger partial charge in [0.2, 0.25) is 5.91 Å². The maximum Gasteiger partial charge on any atom is 0.271 e. The number of carbonyl (C=O) groups excluding carboxylic acids is 1. The van der Waals surface area contributed by atoms with Crippen LogP contribution in [0.15, 0.2) is 53.4 Å². The van der Waals surface area contributed by atoms with Crippen molar-refractivity contribution in [1.82, 2.24) is 0 Å². The molecule has 7 heteroatoms. The van der Waals surface area contributed by atoms with Gasteiger partial charge in [-0.1, -0.05) is 18.2 Å². The van der Waals surface area contributed by atoms with Gasteiger partial charge in [-0.15, -0.1) is 23.5 Å². The first-order chi connectivity index (χ1) is 11.1. The zero-order valence-electron chi connectivity index (χ0n) is 12.5. The number of amides is 1. The number of hydrogen-bond donors (Lipinski definition) is 1. The third-order valence-corrected chi connectivity index (χ3v) is 4.75. The van der Waals surface area contributed by atoms with Crippen LogP contribution in [0.4, 0.5) is 11.4 Å². The number of rotatable bonds is 7. The Balaban J connectivity index is 1.80. The first-order valence-corrected chi connectivity index (χ1v) is 9.21. The highest BCUT2D eigenvalue weighted by molar-refractivity contribution is 7.99. The van der Waals surface area contributed by atoms with Gasteiger partial charge in [0.15, 0.2) is 0 Å². The maximum atomic E-state index is 11.9. The molecule has 0 aliphatic carbocycles. The van der Waals surface area contributed by atoms with Crippen molar-refractivity contribution in [2.75, 3.05) is 17.3 Å². The average Bonchev–Trinajstić information content (AvgIpc) is 2.55. The van der Waals surface area contributed by atoms with Crippen molar-refractivity contribution in [3.8, 4) is 0 Å². The summed E-state index contributed by atoms with van der Waals surface area (Å²) < 4.78 is 0. The summed E-state index contributed by atoms with van der Waals surface area (Å²) in [5.41, 5.74) is 1.56. The van der Waals surface area contributed by atoms with E-state index in [1.54, 1.807) is 23.9 Å². The van der Waals surface area contributed by atoms with Gasteiger partial charge in [-0.3, -0.25) is 14.9 Å². The lowest BCUT2D eigenvalue weighted by Gasteiger charge is -2.05. The van der Waals surface area contributed by atoms with Crippen LogP contribution in [-0.2, 0) is 10.5 Å². The predicted molar refractivity (Wildman–Crippen MR) is 96.1 cm³/mol. The SMILES string of the molecule is CSc1ccc(CSCC(=O)Nc2cccc([N+](=O)[O-])c2)cc1. The largest absolute Gasteiger partial charge is 0.325 e. The third kappa shape index (κ3) is 5.61. The lowest BCUT2D eigenvalue weighted by molar-refractivity contribution is -0.384. The Morgan fingerprint density at radius 1 is 1.22 bits per heavy atom. The van der Waals surface area contributed by atoms with Crippen molar-refractivity contribution >= 4 is 40.8 Å². The zero-order chi connectivity index (χ0) is 16.7. The Bertz CT molecular complexity index is 690. The molecule has 0 aliphatic heterocycles. The van der Waals surface area contributed by atoms with Gasteiger partial charge in [-0.05, 0) is 30.0 Å². The molecule has 0 heterocycles. The minimum atomic E-state index is -0.483. The van der Waals surface area contributed by atoms with Gasteiger partial charge in [0.1, 0.15) is 0 Å². The summed E-state index contributed by atoms with van der Waals surface area (Å²) in [6.07, 6.45) is 2.03. The topological polar surface area (TPSA) is 72.2 Å². The molecule has 0 unspecified atom stereocenters. The van der Waals surface area contributed by atoms with Crippen molar-refractivity contribution in [2.45, 2.75) is 10.6 Å². The molecule has 2 aromatic rings. The minimum absolute atomic E-state index is 0.0377. The Hall–Kier alpha value is -1.99. The lowest BCUT2D eigenvalue weighted by atomic mass is 10.2. The number of hydrogen-bond acceptors (Lipinski definition) is 5. The lowest BCUT2D eigenvalue weighted by Crippen LogP contribution is -2.14. The molecule has 0 fully saturated rings. The highest BCUT2D eigenvalue weighted by atomic mass is 32.2. The molecule has 2 aromatic carbocycles. The second-order valence-corrected chi connectivity index (χ2v) is 6.56. The first kappa shape index (κ1) is 17.4. The summed E-state index contributed by atoms with van der Waals surface area (Å²) in [5.74, 6) is 0.875. The maximum absolute atomic E-state index is 11.9. The smallest absolute Gasteiger partial charge is 0.271 e. The van der Waals surface area contributed by atoms with E-state index in [9.17, 15) is 14.9 Å². The summed E-state index contributed by atoms with van der Waals surface area (Å²) in [4.78, 5) is 23.3. The van der Waals surface area contributed by atoms with Gasteiger partial charge in [-0.2, -0.15) is 0 Å². The van der Waals surface area contributed by atoms with E-state index in [0.717, 1.165) is 11.3 Å². The molecule has 0 spiro atoms. The van der Waals surface area contributed by atoms with Gasteiger partial charge in [0.25, 0.3) is 5.69 Å². The van der Waals surface area contributed by atoms with Gasteiger partial charge >= 0.3 is 0 Å². The Morgan fingerprint density at radius 3 is 2.61 bits per heavy atom. The number of nitro groups is 1. The highest BCUT2D eigenvalue weighted by Crippen LogP contribution is 2.19. The summed E-state index contributed by atoms with van der Waals surface area (Å²) in [7, 11) is 0. The van der Waals surface area contributed by atoms with Gasteiger partial charge in [-0.25, -0.2) is 0 Å². The van der Waals surface area contributed by atoms with E-state index in [0.29, 0.717) is 11.4 Å². The third-order valence-electron chi connectivity index (χ3n) is 3.00. The van der Waals surface area contributed by atoms with Crippen LogP contribution in [-0.4, -0.2) is 22.8 Å². The standard InChI is InChI=1S/C16H16N2O3S2/c1-22-15-7-5-12(6-8-15)10-23-11-16(19)17-13-3-2-4-14(9-13)18(20)21/h2-9H,10-11H2,1H3,(H,17,19). The molecule has 0 saturated heterocycles. The molecule has 1 N–H and O–H groups in total. The summed E-state index contributed by atoms with van der Waals surface area (Å²) >= 11 is 3.20. The van der Waals surface area contributed by atoms with E-state index in [4.69, 9.17) is 0 Å². The second-order valence-electron chi connectivity index (χ2n) is 4.70. The van der Waals surface area contributed by atoms with Crippen LogP contribution in [0.25, 0.3) is 0 Å². The van der Waals surface area contributed by atoms with Crippen LogP contribution in [0.3, 0.4) is 0 Å². The van der Waals surface area contributed by atoms with Gasteiger partial charge < -0.3 is 5.32 Å². The van der Waals surface area contributed by atoms with E-state index >= 15 is 0 Å². The van der Waals surface area contributed by atoms with Crippen molar-refractivity contribution in [1.29, 1.82) is 0 Å². The number of nitro benzene ring substituents is 1. The van der Waals surface area contributed by atoms with Crippen LogP contribution in [0.5, 0.6) is 0 Å². The van der Waals surface area contributed by atoms with Crippen LogP contribution >= 0.6 is 23.5 Å². The summed E-state index contributed by atoms with van der Waals surface area (Å²) in [6, 6.07) is 14.2. The first-order valence-electron chi connectivity index (χ1n) is 6.83. The van der Waals surface area contributed by atoms with E-state index in [2.05, 4.69) is 29.6 Å². The Kier molecular flexibility index (Phi) is 6.49. The monoisotopic (exact) mass is 348 g/mol. The van der Waals surface area contributed by atoms with E-state index in [1.165, 1.54) is 28.8 Å². The molecule has 0 radical (unpaired) electrons. The van der Waals surface area contributed by atoms with E-state index in [-0.39, 0.29) is 11.6 Å². The van der Waals surface area contributed by atoms with Crippen molar-refractivity contribution < 1.29 is 9.72 Å². The predicted octanol–water partition coefficient (Wildman–Crippen LogP) is 4.19. The average molecular weight is 348 g/mol. The van der Waals surface area contributed by atoms with Crippen molar-refractivity contribution in [3.05, 3.63) is 64.2 Å².